The van der Waals surface area contributed by atoms with Crippen molar-refractivity contribution in [2.75, 3.05) is 7.11 Å². The van der Waals surface area contributed by atoms with Gasteiger partial charge in [0.1, 0.15) is 5.75 Å². The van der Waals surface area contributed by atoms with Crippen molar-refractivity contribution in [1.29, 1.82) is 0 Å². The number of H-pyrrole nitrogens is 1. The van der Waals surface area contributed by atoms with Gasteiger partial charge in [-0.2, -0.15) is 0 Å². The molecule has 0 radical (unpaired) electrons. The quantitative estimate of drug-likeness (QED) is 0.527. The van der Waals surface area contributed by atoms with E-state index in [4.69, 9.17) is 4.74 Å². The molecule has 1 heterocycles. The Bertz CT molecular complexity index is 905. The number of fused-ring (bicyclic) bond motifs is 5. The molecule has 0 saturated carbocycles. The Balaban J connectivity index is 2.21. The third-order valence-electron chi connectivity index (χ3n) is 3.71. The van der Waals surface area contributed by atoms with Gasteiger partial charge in [-0.05, 0) is 23.6 Å². The summed E-state index contributed by atoms with van der Waals surface area (Å²) >= 11 is 0. The fourth-order valence-electron chi connectivity index (χ4n) is 2.75. The van der Waals surface area contributed by atoms with Crippen LogP contribution in [0.15, 0.2) is 54.6 Å². The van der Waals surface area contributed by atoms with Crippen molar-refractivity contribution in [1.82, 2.24) is 4.98 Å². The highest BCUT2D eigenvalue weighted by Gasteiger charge is 2.07. The second-order valence-electron chi connectivity index (χ2n) is 4.75. The minimum Gasteiger partial charge on any atom is -0.497 e. The van der Waals surface area contributed by atoms with Crippen molar-refractivity contribution >= 4 is 32.6 Å². The van der Waals surface area contributed by atoms with Crippen LogP contribution in [-0.4, -0.2) is 12.1 Å². The first kappa shape index (κ1) is 10.4. The molecule has 0 bridgehead atoms. The molecule has 0 aliphatic carbocycles. The first-order chi connectivity index (χ1) is 9.36. The summed E-state index contributed by atoms with van der Waals surface area (Å²) < 4.78 is 5.31. The van der Waals surface area contributed by atoms with Gasteiger partial charge < -0.3 is 9.72 Å². The van der Waals surface area contributed by atoms with Crippen LogP contribution in [0.4, 0.5) is 0 Å². The molecule has 4 aromatic rings. The molecule has 3 aromatic carbocycles. The summed E-state index contributed by atoms with van der Waals surface area (Å²) in [6, 6.07) is 18.9. The topological polar surface area (TPSA) is 25.0 Å². The molecule has 0 amide bonds. The Morgan fingerprint density at radius 1 is 0.842 bits per heavy atom. The van der Waals surface area contributed by atoms with Gasteiger partial charge in [0.05, 0.1) is 12.6 Å². The summed E-state index contributed by atoms with van der Waals surface area (Å²) in [7, 11) is 1.70. The van der Waals surface area contributed by atoms with Gasteiger partial charge in [-0.15, -0.1) is 0 Å². The van der Waals surface area contributed by atoms with Gasteiger partial charge in [0.2, 0.25) is 0 Å². The van der Waals surface area contributed by atoms with E-state index in [9.17, 15) is 0 Å². The predicted octanol–water partition coefficient (Wildman–Crippen LogP) is 4.48. The SMILES string of the molecule is COc1ccc2[nH]c3c4ccccc4ccc3c2c1. The van der Waals surface area contributed by atoms with E-state index in [2.05, 4.69) is 53.5 Å². The Morgan fingerprint density at radius 3 is 2.63 bits per heavy atom. The van der Waals surface area contributed by atoms with Gasteiger partial charge >= 0.3 is 0 Å². The highest BCUT2D eigenvalue weighted by molar-refractivity contribution is 6.17. The molecule has 0 spiro atoms. The van der Waals surface area contributed by atoms with Crippen LogP contribution >= 0.6 is 0 Å². The van der Waals surface area contributed by atoms with Crippen LogP contribution in [0, 0.1) is 0 Å². The number of aromatic amines is 1. The Hall–Kier alpha value is -2.48. The first-order valence-corrected chi connectivity index (χ1v) is 6.34. The Labute approximate surface area is 110 Å². The summed E-state index contributed by atoms with van der Waals surface area (Å²) in [5.41, 5.74) is 2.34. The number of benzene rings is 3. The lowest BCUT2D eigenvalue weighted by Gasteiger charge is -2.00. The molecule has 0 aliphatic rings. The van der Waals surface area contributed by atoms with E-state index in [1.54, 1.807) is 7.11 Å². The van der Waals surface area contributed by atoms with Crippen molar-refractivity contribution in [2.45, 2.75) is 0 Å². The molecule has 0 saturated heterocycles. The maximum Gasteiger partial charge on any atom is 0.119 e. The maximum absolute atomic E-state index is 5.31. The molecule has 0 aliphatic heterocycles. The lowest BCUT2D eigenvalue weighted by atomic mass is 10.1. The van der Waals surface area contributed by atoms with Crippen molar-refractivity contribution in [2.24, 2.45) is 0 Å². The summed E-state index contributed by atoms with van der Waals surface area (Å²) in [6.45, 7) is 0. The van der Waals surface area contributed by atoms with Gasteiger partial charge in [0.25, 0.3) is 0 Å². The second kappa shape index (κ2) is 3.75. The molecule has 4 rings (SSSR count). The molecule has 2 nitrogen and oxygen atoms in total. The molecule has 0 unspecified atom stereocenters. The van der Waals surface area contributed by atoms with E-state index in [0.29, 0.717) is 0 Å². The summed E-state index contributed by atoms with van der Waals surface area (Å²) in [5, 5.41) is 4.97. The Kier molecular flexibility index (Phi) is 2.06. The fourth-order valence-corrected chi connectivity index (χ4v) is 2.75. The number of ether oxygens (including phenoxy) is 1. The standard InChI is InChI=1S/C17H13NO/c1-19-12-7-9-16-15(10-12)14-8-6-11-4-2-3-5-13(11)17(14)18-16/h2-10,18H,1H3. The molecule has 0 atom stereocenters. The number of methoxy groups -OCH3 is 1. The number of hydrogen-bond acceptors (Lipinski definition) is 1. The van der Waals surface area contributed by atoms with Crippen LogP contribution in [0.1, 0.15) is 0 Å². The average molecular weight is 247 g/mol. The van der Waals surface area contributed by atoms with Crippen molar-refractivity contribution in [3.63, 3.8) is 0 Å². The highest BCUT2D eigenvalue weighted by Crippen LogP contribution is 2.32. The van der Waals surface area contributed by atoms with Crippen LogP contribution in [0.25, 0.3) is 32.6 Å². The van der Waals surface area contributed by atoms with E-state index in [1.165, 1.54) is 27.1 Å². The lowest BCUT2D eigenvalue weighted by molar-refractivity contribution is 0.415. The molecule has 2 heteroatoms. The molecule has 1 N–H and O–H groups in total. The highest BCUT2D eigenvalue weighted by atomic mass is 16.5. The van der Waals surface area contributed by atoms with E-state index >= 15 is 0 Å². The molecule has 19 heavy (non-hydrogen) atoms. The zero-order valence-electron chi connectivity index (χ0n) is 10.6. The average Bonchev–Trinajstić information content (AvgIpc) is 2.85. The van der Waals surface area contributed by atoms with E-state index in [-0.39, 0.29) is 0 Å². The predicted molar refractivity (Wildman–Crippen MR) is 79.9 cm³/mol. The normalized spacial score (nSPS) is 11.4. The first-order valence-electron chi connectivity index (χ1n) is 6.34. The van der Waals surface area contributed by atoms with Crippen molar-refractivity contribution < 1.29 is 4.74 Å². The third kappa shape index (κ3) is 1.43. The van der Waals surface area contributed by atoms with E-state index < -0.39 is 0 Å². The van der Waals surface area contributed by atoms with E-state index in [0.717, 1.165) is 11.3 Å². The maximum atomic E-state index is 5.31. The summed E-state index contributed by atoms with van der Waals surface area (Å²) in [5.74, 6) is 0.890. The minimum absolute atomic E-state index is 0.890. The number of hydrogen-bond donors (Lipinski definition) is 1. The largest absolute Gasteiger partial charge is 0.497 e. The zero-order chi connectivity index (χ0) is 12.8. The van der Waals surface area contributed by atoms with Crippen LogP contribution in [-0.2, 0) is 0 Å². The molecule has 1 aromatic heterocycles. The smallest absolute Gasteiger partial charge is 0.119 e. The molecule has 0 fully saturated rings. The van der Waals surface area contributed by atoms with Crippen LogP contribution in [0.2, 0.25) is 0 Å². The lowest BCUT2D eigenvalue weighted by Crippen LogP contribution is -1.80. The van der Waals surface area contributed by atoms with Gasteiger partial charge in [-0.1, -0.05) is 36.4 Å². The molecular formula is C17H13NO. The van der Waals surface area contributed by atoms with Crippen molar-refractivity contribution in [3.05, 3.63) is 54.6 Å². The number of nitrogens with one attached hydrogen (secondary N) is 1. The second-order valence-corrected chi connectivity index (χ2v) is 4.75. The minimum atomic E-state index is 0.890. The fraction of sp³-hybridized carbons (Fsp3) is 0.0588. The van der Waals surface area contributed by atoms with Crippen LogP contribution in [0.3, 0.4) is 0 Å². The van der Waals surface area contributed by atoms with Crippen LogP contribution in [0.5, 0.6) is 5.75 Å². The van der Waals surface area contributed by atoms with Gasteiger partial charge in [-0.3, -0.25) is 0 Å². The monoisotopic (exact) mass is 247 g/mol. The van der Waals surface area contributed by atoms with Gasteiger partial charge in [-0.25, -0.2) is 0 Å². The molecular weight excluding hydrogens is 234 g/mol. The van der Waals surface area contributed by atoms with Gasteiger partial charge in [0, 0.05) is 21.7 Å². The van der Waals surface area contributed by atoms with Crippen LogP contribution < -0.4 is 4.74 Å². The summed E-state index contributed by atoms with van der Waals surface area (Å²) in [6.07, 6.45) is 0. The zero-order valence-corrected chi connectivity index (χ0v) is 10.6. The molecule has 92 valence electrons. The summed E-state index contributed by atoms with van der Waals surface area (Å²) in [4.78, 5) is 3.52. The third-order valence-corrected chi connectivity index (χ3v) is 3.71. The van der Waals surface area contributed by atoms with Gasteiger partial charge in [0.15, 0.2) is 0 Å². The van der Waals surface area contributed by atoms with E-state index in [1.807, 2.05) is 6.07 Å². The number of rotatable bonds is 1. The van der Waals surface area contributed by atoms with Crippen molar-refractivity contribution in [3.8, 4) is 5.75 Å². The Morgan fingerprint density at radius 2 is 1.74 bits per heavy atom. The number of aromatic nitrogens is 1.